The maximum Gasteiger partial charge on any atom is 0.0221 e. The summed E-state index contributed by atoms with van der Waals surface area (Å²) in [5.41, 5.74) is 0. The van der Waals surface area contributed by atoms with Gasteiger partial charge in [-0.1, -0.05) is 19.9 Å². The van der Waals surface area contributed by atoms with Crippen LogP contribution in [0, 0.1) is 0 Å². The van der Waals surface area contributed by atoms with Gasteiger partial charge in [-0.2, -0.15) is 0 Å². The van der Waals surface area contributed by atoms with Crippen LogP contribution < -0.4 is 5.32 Å². The molecule has 0 aromatic rings. The lowest BCUT2D eigenvalue weighted by Gasteiger charge is -2.29. The standard InChI is InChI=1S/C11H24N2/c1-5-8-13(9-6-2)11(7-3)10-12-4/h5,11-12H,1,6-10H2,2-4H3. The Labute approximate surface area is 83.0 Å². The molecule has 1 unspecified atom stereocenters. The first-order valence-corrected chi connectivity index (χ1v) is 5.29. The van der Waals surface area contributed by atoms with Crippen LogP contribution in [0.5, 0.6) is 0 Å². The van der Waals surface area contributed by atoms with E-state index in [-0.39, 0.29) is 0 Å². The number of nitrogens with zero attached hydrogens (tertiary/aromatic N) is 1. The van der Waals surface area contributed by atoms with Crippen molar-refractivity contribution >= 4 is 0 Å². The lowest BCUT2D eigenvalue weighted by molar-refractivity contribution is 0.209. The van der Waals surface area contributed by atoms with Crippen LogP contribution in [-0.4, -0.2) is 37.6 Å². The first kappa shape index (κ1) is 12.7. The molecule has 2 heteroatoms. The predicted molar refractivity (Wildman–Crippen MR) is 60.1 cm³/mol. The van der Waals surface area contributed by atoms with Crippen LogP contribution in [0.1, 0.15) is 26.7 Å². The van der Waals surface area contributed by atoms with E-state index >= 15 is 0 Å². The molecule has 0 aromatic heterocycles. The van der Waals surface area contributed by atoms with Crippen molar-refractivity contribution in [2.24, 2.45) is 0 Å². The molecule has 0 amide bonds. The molecule has 1 atom stereocenters. The Balaban J connectivity index is 4.02. The number of hydrogen-bond donors (Lipinski definition) is 1. The van der Waals surface area contributed by atoms with Crippen LogP contribution in [0.4, 0.5) is 0 Å². The molecule has 0 fully saturated rings. The molecule has 0 saturated heterocycles. The third-order valence-electron chi connectivity index (χ3n) is 2.30. The second kappa shape index (κ2) is 8.27. The monoisotopic (exact) mass is 184 g/mol. The largest absolute Gasteiger partial charge is 0.318 e. The van der Waals surface area contributed by atoms with Crippen LogP contribution in [0.3, 0.4) is 0 Å². The van der Waals surface area contributed by atoms with Crippen molar-refractivity contribution < 1.29 is 0 Å². The van der Waals surface area contributed by atoms with Crippen LogP contribution in [0.25, 0.3) is 0 Å². The second-order valence-electron chi connectivity index (χ2n) is 3.40. The van der Waals surface area contributed by atoms with Crippen molar-refractivity contribution in [2.75, 3.05) is 26.7 Å². The van der Waals surface area contributed by atoms with Crippen LogP contribution in [-0.2, 0) is 0 Å². The minimum Gasteiger partial charge on any atom is -0.318 e. The quantitative estimate of drug-likeness (QED) is 0.579. The summed E-state index contributed by atoms with van der Waals surface area (Å²) in [4.78, 5) is 2.49. The van der Waals surface area contributed by atoms with E-state index < -0.39 is 0 Å². The van der Waals surface area contributed by atoms with Crippen LogP contribution in [0.15, 0.2) is 12.7 Å². The average molecular weight is 184 g/mol. The van der Waals surface area contributed by atoms with E-state index in [4.69, 9.17) is 0 Å². The third kappa shape index (κ3) is 5.06. The summed E-state index contributed by atoms with van der Waals surface area (Å²) in [5.74, 6) is 0. The zero-order chi connectivity index (χ0) is 10.1. The summed E-state index contributed by atoms with van der Waals surface area (Å²) >= 11 is 0. The van der Waals surface area contributed by atoms with Gasteiger partial charge in [-0.05, 0) is 26.4 Å². The molecule has 0 bridgehead atoms. The van der Waals surface area contributed by atoms with E-state index in [2.05, 4.69) is 30.6 Å². The van der Waals surface area contributed by atoms with Crippen molar-refractivity contribution in [2.45, 2.75) is 32.7 Å². The van der Waals surface area contributed by atoms with E-state index in [9.17, 15) is 0 Å². The summed E-state index contributed by atoms with van der Waals surface area (Å²) in [7, 11) is 2.01. The first-order valence-electron chi connectivity index (χ1n) is 5.29. The third-order valence-corrected chi connectivity index (χ3v) is 2.30. The molecular formula is C11H24N2. The molecule has 0 aromatic carbocycles. The number of likely N-dealkylation sites (N-methyl/N-ethyl adjacent to an activating group) is 1. The molecule has 0 aliphatic rings. The highest BCUT2D eigenvalue weighted by atomic mass is 15.2. The van der Waals surface area contributed by atoms with E-state index in [0.29, 0.717) is 6.04 Å². The van der Waals surface area contributed by atoms with Gasteiger partial charge in [-0.25, -0.2) is 0 Å². The van der Waals surface area contributed by atoms with E-state index in [1.165, 1.54) is 19.4 Å². The SMILES string of the molecule is C=CCN(CCC)C(CC)CNC. The van der Waals surface area contributed by atoms with Crippen molar-refractivity contribution in [1.29, 1.82) is 0 Å². The maximum absolute atomic E-state index is 3.80. The summed E-state index contributed by atoms with van der Waals surface area (Å²) < 4.78 is 0. The van der Waals surface area contributed by atoms with Gasteiger partial charge in [0.2, 0.25) is 0 Å². The molecule has 0 spiro atoms. The fourth-order valence-electron chi connectivity index (χ4n) is 1.64. The molecule has 0 saturated carbocycles. The van der Waals surface area contributed by atoms with E-state index in [0.717, 1.165) is 13.1 Å². The normalized spacial score (nSPS) is 13.2. The Bertz CT molecular complexity index is 123. The molecule has 0 aliphatic carbocycles. The van der Waals surface area contributed by atoms with Gasteiger partial charge in [0.15, 0.2) is 0 Å². The Morgan fingerprint density at radius 1 is 1.46 bits per heavy atom. The molecule has 2 nitrogen and oxygen atoms in total. The lowest BCUT2D eigenvalue weighted by Crippen LogP contribution is -2.41. The smallest absolute Gasteiger partial charge is 0.0221 e. The molecule has 1 N–H and O–H groups in total. The van der Waals surface area contributed by atoms with Crippen molar-refractivity contribution in [1.82, 2.24) is 10.2 Å². The molecule has 0 aliphatic heterocycles. The number of rotatable bonds is 8. The van der Waals surface area contributed by atoms with Crippen molar-refractivity contribution in [3.63, 3.8) is 0 Å². The number of nitrogens with one attached hydrogen (secondary N) is 1. The molecular weight excluding hydrogens is 160 g/mol. The van der Waals surface area contributed by atoms with Gasteiger partial charge in [0.25, 0.3) is 0 Å². The molecule has 0 heterocycles. The minimum atomic E-state index is 0.656. The number of hydrogen-bond acceptors (Lipinski definition) is 2. The van der Waals surface area contributed by atoms with Crippen molar-refractivity contribution in [3.05, 3.63) is 12.7 Å². The average Bonchev–Trinajstić information content (AvgIpc) is 2.14. The Kier molecular flexibility index (Phi) is 8.05. The van der Waals surface area contributed by atoms with Gasteiger partial charge < -0.3 is 5.32 Å². The molecule has 0 rings (SSSR count). The van der Waals surface area contributed by atoms with Gasteiger partial charge in [-0.3, -0.25) is 4.90 Å². The molecule has 0 radical (unpaired) electrons. The summed E-state index contributed by atoms with van der Waals surface area (Å²) in [6.07, 6.45) is 4.41. The zero-order valence-corrected chi connectivity index (χ0v) is 9.34. The summed E-state index contributed by atoms with van der Waals surface area (Å²) in [6.45, 7) is 11.5. The van der Waals surface area contributed by atoms with Crippen molar-refractivity contribution in [3.8, 4) is 0 Å². The summed E-state index contributed by atoms with van der Waals surface area (Å²) in [5, 5.41) is 3.24. The van der Waals surface area contributed by atoms with Crippen LogP contribution >= 0.6 is 0 Å². The Morgan fingerprint density at radius 3 is 2.54 bits per heavy atom. The first-order chi connectivity index (χ1) is 6.29. The van der Waals surface area contributed by atoms with Gasteiger partial charge in [0, 0.05) is 19.1 Å². The van der Waals surface area contributed by atoms with E-state index in [1.54, 1.807) is 0 Å². The highest BCUT2D eigenvalue weighted by molar-refractivity contribution is 4.79. The highest BCUT2D eigenvalue weighted by Gasteiger charge is 2.12. The topological polar surface area (TPSA) is 15.3 Å². The Hall–Kier alpha value is -0.340. The van der Waals surface area contributed by atoms with Gasteiger partial charge in [-0.15, -0.1) is 6.58 Å². The van der Waals surface area contributed by atoms with Gasteiger partial charge in [0.1, 0.15) is 0 Å². The minimum absolute atomic E-state index is 0.656. The highest BCUT2D eigenvalue weighted by Crippen LogP contribution is 2.04. The maximum atomic E-state index is 3.80. The van der Waals surface area contributed by atoms with Gasteiger partial charge in [0.05, 0.1) is 0 Å². The fourth-order valence-corrected chi connectivity index (χ4v) is 1.64. The second-order valence-corrected chi connectivity index (χ2v) is 3.40. The molecule has 13 heavy (non-hydrogen) atoms. The lowest BCUT2D eigenvalue weighted by atomic mass is 10.2. The fraction of sp³-hybridized carbons (Fsp3) is 0.818. The van der Waals surface area contributed by atoms with Gasteiger partial charge >= 0.3 is 0 Å². The Morgan fingerprint density at radius 2 is 2.15 bits per heavy atom. The van der Waals surface area contributed by atoms with Crippen LogP contribution in [0.2, 0.25) is 0 Å². The zero-order valence-electron chi connectivity index (χ0n) is 9.34. The van der Waals surface area contributed by atoms with E-state index in [1.807, 2.05) is 13.1 Å². The molecule has 78 valence electrons. The predicted octanol–water partition coefficient (Wildman–Crippen LogP) is 1.88. The summed E-state index contributed by atoms with van der Waals surface area (Å²) in [6, 6.07) is 0.656.